The Bertz CT molecular complexity index is 711. The highest BCUT2D eigenvalue weighted by molar-refractivity contribution is 5.83. The zero-order valence-electron chi connectivity index (χ0n) is 13.1. The van der Waals surface area contributed by atoms with Crippen molar-refractivity contribution in [3.05, 3.63) is 48.0 Å². The van der Waals surface area contributed by atoms with E-state index in [4.69, 9.17) is 10.00 Å². The predicted octanol–water partition coefficient (Wildman–Crippen LogP) is 4.32. The van der Waals surface area contributed by atoms with Gasteiger partial charge in [0.05, 0.1) is 18.5 Å². The number of hydrogen-bond donors (Lipinski definition) is 1. The lowest BCUT2D eigenvalue weighted by Gasteiger charge is -2.23. The van der Waals surface area contributed by atoms with Gasteiger partial charge in [-0.25, -0.2) is 4.79 Å². The van der Waals surface area contributed by atoms with Crippen molar-refractivity contribution in [2.45, 2.75) is 38.8 Å². The van der Waals surface area contributed by atoms with Crippen LogP contribution < -0.4 is 5.32 Å². The number of nitrogens with one attached hydrogen (secondary N) is 1. The molecule has 2 aromatic rings. The van der Waals surface area contributed by atoms with Gasteiger partial charge in [-0.05, 0) is 43.2 Å². The molecular formula is C18H20N2O2. The first-order valence-electron chi connectivity index (χ1n) is 7.24. The second-order valence-corrected chi connectivity index (χ2v) is 6.17. The first-order chi connectivity index (χ1) is 10.4. The third-order valence-electron chi connectivity index (χ3n) is 3.16. The summed E-state index contributed by atoms with van der Waals surface area (Å²) in [5, 5.41) is 14.0. The molecule has 2 aromatic carbocycles. The number of nitriles is 1. The van der Waals surface area contributed by atoms with E-state index in [1.807, 2.05) is 63.2 Å². The molecular weight excluding hydrogens is 276 g/mol. The third kappa shape index (κ3) is 4.23. The molecule has 0 aliphatic rings. The van der Waals surface area contributed by atoms with Crippen LogP contribution in [0.25, 0.3) is 10.8 Å². The van der Waals surface area contributed by atoms with Crippen LogP contribution in [0, 0.1) is 11.3 Å². The number of hydrogen-bond acceptors (Lipinski definition) is 3. The topological polar surface area (TPSA) is 62.1 Å². The average molecular weight is 296 g/mol. The Kier molecular flexibility index (Phi) is 4.67. The quantitative estimate of drug-likeness (QED) is 0.917. The molecule has 0 aliphatic heterocycles. The van der Waals surface area contributed by atoms with Gasteiger partial charge in [0.15, 0.2) is 0 Å². The highest BCUT2D eigenvalue weighted by atomic mass is 16.6. The standard InChI is InChI=1S/C18H20N2O2/c1-18(2,3)22-17(21)20-16(10-11-19)15-9-8-13-6-4-5-7-14(13)12-15/h4-9,12,16H,10H2,1-3H3,(H,20,21). The van der Waals surface area contributed by atoms with Gasteiger partial charge in [-0.15, -0.1) is 0 Å². The fourth-order valence-corrected chi connectivity index (χ4v) is 2.22. The van der Waals surface area contributed by atoms with Gasteiger partial charge in [-0.3, -0.25) is 0 Å². The summed E-state index contributed by atoms with van der Waals surface area (Å²) in [6.07, 6.45) is -0.321. The molecule has 1 amide bonds. The third-order valence-corrected chi connectivity index (χ3v) is 3.16. The van der Waals surface area contributed by atoms with Gasteiger partial charge in [0.2, 0.25) is 0 Å². The van der Waals surface area contributed by atoms with Crippen molar-refractivity contribution in [3.8, 4) is 6.07 Å². The lowest BCUT2D eigenvalue weighted by molar-refractivity contribution is 0.0504. The molecule has 2 rings (SSSR count). The monoisotopic (exact) mass is 296 g/mol. The van der Waals surface area contributed by atoms with Gasteiger partial charge in [0.1, 0.15) is 5.60 Å². The maximum atomic E-state index is 11.9. The SMILES string of the molecule is CC(C)(C)OC(=O)NC(CC#N)c1ccc2ccccc2c1. The number of ether oxygens (including phenoxy) is 1. The molecule has 0 heterocycles. The van der Waals surface area contributed by atoms with Crippen molar-refractivity contribution in [1.29, 1.82) is 5.26 Å². The molecule has 0 fully saturated rings. The molecule has 1 N–H and O–H groups in total. The summed E-state index contributed by atoms with van der Waals surface area (Å²) in [6.45, 7) is 5.42. The number of nitrogens with zero attached hydrogens (tertiary/aromatic N) is 1. The van der Waals surface area contributed by atoms with E-state index in [0.717, 1.165) is 16.3 Å². The van der Waals surface area contributed by atoms with Crippen LogP contribution in [0.1, 0.15) is 38.8 Å². The minimum atomic E-state index is -0.565. The van der Waals surface area contributed by atoms with E-state index < -0.39 is 11.7 Å². The van der Waals surface area contributed by atoms with E-state index in [1.54, 1.807) is 0 Å². The fourth-order valence-electron chi connectivity index (χ4n) is 2.22. The Morgan fingerprint density at radius 2 is 1.91 bits per heavy atom. The molecule has 22 heavy (non-hydrogen) atoms. The average Bonchev–Trinajstić information content (AvgIpc) is 2.44. The second-order valence-electron chi connectivity index (χ2n) is 6.17. The summed E-state index contributed by atoms with van der Waals surface area (Å²) >= 11 is 0. The van der Waals surface area contributed by atoms with E-state index in [0.29, 0.717) is 0 Å². The lowest BCUT2D eigenvalue weighted by Crippen LogP contribution is -2.34. The minimum Gasteiger partial charge on any atom is -0.444 e. The number of rotatable bonds is 3. The van der Waals surface area contributed by atoms with Gasteiger partial charge in [0.25, 0.3) is 0 Å². The van der Waals surface area contributed by atoms with Crippen molar-refractivity contribution in [1.82, 2.24) is 5.32 Å². The molecule has 1 unspecified atom stereocenters. The predicted molar refractivity (Wildman–Crippen MR) is 86.3 cm³/mol. The number of fused-ring (bicyclic) bond motifs is 1. The van der Waals surface area contributed by atoms with Crippen molar-refractivity contribution >= 4 is 16.9 Å². The van der Waals surface area contributed by atoms with Crippen molar-refractivity contribution in [2.75, 3.05) is 0 Å². The lowest BCUT2D eigenvalue weighted by atomic mass is 10.0. The highest BCUT2D eigenvalue weighted by Crippen LogP contribution is 2.23. The van der Waals surface area contributed by atoms with Crippen LogP contribution in [0.5, 0.6) is 0 Å². The molecule has 0 spiro atoms. The van der Waals surface area contributed by atoms with E-state index in [1.165, 1.54) is 0 Å². The molecule has 0 radical (unpaired) electrons. The van der Waals surface area contributed by atoms with E-state index >= 15 is 0 Å². The van der Waals surface area contributed by atoms with Crippen LogP contribution in [0.3, 0.4) is 0 Å². The summed E-state index contributed by atoms with van der Waals surface area (Å²) in [4.78, 5) is 11.9. The molecule has 1 atom stereocenters. The van der Waals surface area contributed by atoms with Gasteiger partial charge in [-0.2, -0.15) is 5.26 Å². The minimum absolute atomic E-state index is 0.192. The van der Waals surface area contributed by atoms with Crippen LogP contribution in [0.4, 0.5) is 4.79 Å². The van der Waals surface area contributed by atoms with Gasteiger partial charge in [0, 0.05) is 0 Å². The number of benzene rings is 2. The van der Waals surface area contributed by atoms with E-state index in [-0.39, 0.29) is 12.5 Å². The molecule has 0 aromatic heterocycles. The largest absolute Gasteiger partial charge is 0.444 e. The van der Waals surface area contributed by atoms with Crippen molar-refractivity contribution in [3.63, 3.8) is 0 Å². The first-order valence-corrected chi connectivity index (χ1v) is 7.24. The maximum Gasteiger partial charge on any atom is 0.408 e. The molecule has 4 heteroatoms. The fraction of sp³-hybridized carbons (Fsp3) is 0.333. The summed E-state index contributed by atoms with van der Waals surface area (Å²) in [5.41, 5.74) is 0.330. The molecule has 4 nitrogen and oxygen atoms in total. The van der Waals surface area contributed by atoms with Crippen LogP contribution >= 0.6 is 0 Å². The second kappa shape index (κ2) is 6.48. The van der Waals surface area contributed by atoms with Gasteiger partial charge < -0.3 is 10.1 Å². The van der Waals surface area contributed by atoms with E-state index in [2.05, 4.69) is 11.4 Å². The van der Waals surface area contributed by atoms with Crippen LogP contribution in [0.15, 0.2) is 42.5 Å². The summed E-state index contributed by atoms with van der Waals surface area (Å²) in [5.74, 6) is 0. The Balaban J connectivity index is 2.22. The molecule has 0 bridgehead atoms. The van der Waals surface area contributed by atoms with Crippen LogP contribution in [-0.4, -0.2) is 11.7 Å². The van der Waals surface area contributed by atoms with Crippen molar-refractivity contribution in [2.24, 2.45) is 0 Å². The Morgan fingerprint density at radius 1 is 1.23 bits per heavy atom. The Morgan fingerprint density at radius 3 is 2.55 bits per heavy atom. The zero-order valence-corrected chi connectivity index (χ0v) is 13.1. The Hall–Kier alpha value is -2.54. The van der Waals surface area contributed by atoms with Crippen LogP contribution in [-0.2, 0) is 4.74 Å². The van der Waals surface area contributed by atoms with E-state index in [9.17, 15) is 4.79 Å². The Labute approximate surface area is 130 Å². The molecule has 114 valence electrons. The number of carbonyl (C=O) groups excluding carboxylic acids is 1. The van der Waals surface area contributed by atoms with Crippen LogP contribution in [0.2, 0.25) is 0 Å². The number of carbonyl (C=O) groups is 1. The molecule has 0 aliphatic carbocycles. The molecule has 0 saturated heterocycles. The van der Waals surface area contributed by atoms with Gasteiger partial charge >= 0.3 is 6.09 Å². The summed E-state index contributed by atoms with van der Waals surface area (Å²) < 4.78 is 5.26. The summed E-state index contributed by atoms with van der Waals surface area (Å²) in [7, 11) is 0. The van der Waals surface area contributed by atoms with Gasteiger partial charge in [-0.1, -0.05) is 36.4 Å². The molecule has 0 saturated carbocycles. The zero-order chi connectivity index (χ0) is 16.2. The van der Waals surface area contributed by atoms with Crippen molar-refractivity contribution < 1.29 is 9.53 Å². The normalized spacial score (nSPS) is 12.5. The number of amides is 1. The maximum absolute atomic E-state index is 11.9. The summed E-state index contributed by atoms with van der Waals surface area (Å²) in [6, 6.07) is 15.6. The highest BCUT2D eigenvalue weighted by Gasteiger charge is 2.20. The number of alkyl carbamates (subject to hydrolysis) is 1. The first kappa shape index (κ1) is 15.8. The smallest absolute Gasteiger partial charge is 0.408 e.